The molecular formula is C11H17N3O. The summed E-state index contributed by atoms with van der Waals surface area (Å²) in [6, 6.07) is 5.52. The molecule has 2 amide bonds. The van der Waals surface area contributed by atoms with Crippen molar-refractivity contribution >= 4 is 11.7 Å². The van der Waals surface area contributed by atoms with Gasteiger partial charge in [-0.05, 0) is 31.0 Å². The maximum Gasteiger partial charge on any atom is 0.319 e. The Kier molecular flexibility index (Phi) is 4.12. The topological polar surface area (TPSA) is 67.2 Å². The van der Waals surface area contributed by atoms with Gasteiger partial charge in [-0.1, -0.05) is 12.1 Å². The van der Waals surface area contributed by atoms with Crippen LogP contribution in [0.3, 0.4) is 0 Å². The second-order valence-electron chi connectivity index (χ2n) is 3.28. The Hall–Kier alpha value is -1.55. The van der Waals surface area contributed by atoms with E-state index in [-0.39, 0.29) is 6.03 Å². The molecule has 0 atom stereocenters. The van der Waals surface area contributed by atoms with Gasteiger partial charge in [0.15, 0.2) is 0 Å². The minimum atomic E-state index is -0.185. The van der Waals surface area contributed by atoms with Crippen LogP contribution in [0.1, 0.15) is 18.1 Å². The number of anilines is 1. The van der Waals surface area contributed by atoms with Gasteiger partial charge in [0.25, 0.3) is 0 Å². The maximum absolute atomic E-state index is 11.3. The Morgan fingerprint density at radius 3 is 2.80 bits per heavy atom. The third kappa shape index (κ3) is 2.95. The largest absolute Gasteiger partial charge is 0.338 e. The highest BCUT2D eigenvalue weighted by atomic mass is 16.2. The molecular weight excluding hydrogens is 190 g/mol. The molecule has 0 fully saturated rings. The molecule has 0 spiro atoms. The van der Waals surface area contributed by atoms with Gasteiger partial charge < -0.3 is 16.4 Å². The number of hydrogen-bond donors (Lipinski definition) is 3. The number of nitrogens with two attached hydrogens (primary N) is 1. The highest BCUT2D eigenvalue weighted by Gasteiger charge is 2.05. The fourth-order valence-electron chi connectivity index (χ4n) is 1.37. The molecule has 0 aliphatic carbocycles. The molecule has 0 aromatic heterocycles. The molecule has 1 aromatic carbocycles. The van der Waals surface area contributed by atoms with E-state index in [2.05, 4.69) is 10.6 Å². The van der Waals surface area contributed by atoms with Gasteiger partial charge in [-0.3, -0.25) is 0 Å². The summed E-state index contributed by atoms with van der Waals surface area (Å²) in [5, 5.41) is 5.46. The van der Waals surface area contributed by atoms with Crippen molar-refractivity contribution in [1.82, 2.24) is 5.32 Å². The van der Waals surface area contributed by atoms with Gasteiger partial charge in [0.05, 0.1) is 0 Å². The van der Waals surface area contributed by atoms with Crippen LogP contribution in [0.25, 0.3) is 0 Å². The first kappa shape index (κ1) is 11.5. The molecule has 15 heavy (non-hydrogen) atoms. The van der Waals surface area contributed by atoms with Gasteiger partial charge in [-0.15, -0.1) is 0 Å². The molecule has 4 N–H and O–H groups in total. The Balaban J connectivity index is 2.81. The fourth-order valence-corrected chi connectivity index (χ4v) is 1.37. The average molecular weight is 207 g/mol. The smallest absolute Gasteiger partial charge is 0.319 e. The van der Waals surface area contributed by atoms with E-state index in [9.17, 15) is 4.79 Å². The van der Waals surface area contributed by atoms with Gasteiger partial charge in [0.2, 0.25) is 0 Å². The standard InChI is InChI=1S/C11H17N3O/c1-3-13-11(15)14-10-6-4-5-9(7-12)8(10)2/h4-6H,3,7,12H2,1-2H3,(H2,13,14,15). The Morgan fingerprint density at radius 1 is 1.47 bits per heavy atom. The minimum Gasteiger partial charge on any atom is -0.338 e. The van der Waals surface area contributed by atoms with Crippen LogP contribution in [0.4, 0.5) is 10.5 Å². The van der Waals surface area contributed by atoms with Crippen molar-refractivity contribution in [3.63, 3.8) is 0 Å². The molecule has 0 radical (unpaired) electrons. The number of carbonyl (C=O) groups is 1. The summed E-state index contributed by atoms with van der Waals surface area (Å²) < 4.78 is 0. The number of benzene rings is 1. The van der Waals surface area contributed by atoms with Crippen molar-refractivity contribution in [2.75, 3.05) is 11.9 Å². The second-order valence-corrected chi connectivity index (χ2v) is 3.28. The lowest BCUT2D eigenvalue weighted by Gasteiger charge is -2.11. The normalized spacial score (nSPS) is 9.80. The van der Waals surface area contributed by atoms with Crippen LogP contribution in [0.15, 0.2) is 18.2 Å². The first-order valence-electron chi connectivity index (χ1n) is 5.02. The monoisotopic (exact) mass is 207 g/mol. The first-order chi connectivity index (χ1) is 7.19. The Bertz CT molecular complexity index is 350. The molecule has 0 saturated heterocycles. The number of amides is 2. The summed E-state index contributed by atoms with van der Waals surface area (Å²) in [4.78, 5) is 11.3. The maximum atomic E-state index is 11.3. The van der Waals surface area contributed by atoms with Crippen LogP contribution >= 0.6 is 0 Å². The predicted octanol–water partition coefficient (Wildman–Crippen LogP) is 1.60. The molecule has 0 aliphatic rings. The Morgan fingerprint density at radius 2 is 2.20 bits per heavy atom. The van der Waals surface area contributed by atoms with Crippen LogP contribution in [-0.2, 0) is 6.54 Å². The molecule has 0 unspecified atom stereocenters. The highest BCUT2D eigenvalue weighted by molar-refractivity contribution is 5.90. The third-order valence-corrected chi connectivity index (χ3v) is 2.25. The summed E-state index contributed by atoms with van der Waals surface area (Å²) in [5.41, 5.74) is 8.46. The molecule has 0 heterocycles. The summed E-state index contributed by atoms with van der Waals surface area (Å²) >= 11 is 0. The van der Waals surface area contributed by atoms with Crippen molar-refractivity contribution in [1.29, 1.82) is 0 Å². The van der Waals surface area contributed by atoms with Gasteiger partial charge in [0.1, 0.15) is 0 Å². The number of carbonyl (C=O) groups excluding carboxylic acids is 1. The molecule has 0 bridgehead atoms. The Labute approximate surface area is 89.9 Å². The van der Waals surface area contributed by atoms with E-state index in [1.165, 1.54) is 0 Å². The van der Waals surface area contributed by atoms with Crippen molar-refractivity contribution in [2.24, 2.45) is 5.73 Å². The van der Waals surface area contributed by atoms with E-state index < -0.39 is 0 Å². The van der Waals surface area contributed by atoms with Crippen molar-refractivity contribution < 1.29 is 4.79 Å². The van der Waals surface area contributed by atoms with Crippen LogP contribution < -0.4 is 16.4 Å². The van der Waals surface area contributed by atoms with Crippen LogP contribution in [0.5, 0.6) is 0 Å². The second kappa shape index (κ2) is 5.36. The van der Waals surface area contributed by atoms with Gasteiger partial charge in [-0.2, -0.15) is 0 Å². The van der Waals surface area contributed by atoms with Crippen LogP contribution in [0.2, 0.25) is 0 Å². The van der Waals surface area contributed by atoms with Gasteiger partial charge in [0, 0.05) is 18.8 Å². The molecule has 1 aromatic rings. The van der Waals surface area contributed by atoms with E-state index in [1.807, 2.05) is 32.0 Å². The zero-order valence-corrected chi connectivity index (χ0v) is 9.13. The van der Waals surface area contributed by atoms with E-state index >= 15 is 0 Å². The van der Waals surface area contributed by atoms with Crippen molar-refractivity contribution in [2.45, 2.75) is 20.4 Å². The number of urea groups is 1. The van der Waals surface area contributed by atoms with E-state index in [0.29, 0.717) is 13.1 Å². The molecule has 4 nitrogen and oxygen atoms in total. The lowest BCUT2D eigenvalue weighted by atomic mass is 10.1. The zero-order chi connectivity index (χ0) is 11.3. The van der Waals surface area contributed by atoms with E-state index in [0.717, 1.165) is 16.8 Å². The summed E-state index contributed by atoms with van der Waals surface area (Å²) in [5.74, 6) is 0. The molecule has 82 valence electrons. The molecule has 0 aliphatic heterocycles. The SMILES string of the molecule is CCNC(=O)Nc1cccc(CN)c1C. The van der Waals surface area contributed by atoms with Crippen LogP contribution in [-0.4, -0.2) is 12.6 Å². The summed E-state index contributed by atoms with van der Waals surface area (Å²) in [6.45, 7) is 4.92. The van der Waals surface area contributed by atoms with Crippen LogP contribution in [0, 0.1) is 6.92 Å². The van der Waals surface area contributed by atoms with Crippen molar-refractivity contribution in [3.05, 3.63) is 29.3 Å². The molecule has 1 rings (SSSR count). The minimum absolute atomic E-state index is 0.185. The number of rotatable bonds is 3. The molecule has 0 saturated carbocycles. The zero-order valence-electron chi connectivity index (χ0n) is 9.13. The van der Waals surface area contributed by atoms with Gasteiger partial charge >= 0.3 is 6.03 Å². The predicted molar refractivity (Wildman–Crippen MR) is 61.8 cm³/mol. The number of nitrogens with one attached hydrogen (secondary N) is 2. The molecule has 4 heteroatoms. The van der Waals surface area contributed by atoms with Gasteiger partial charge in [-0.25, -0.2) is 4.79 Å². The lowest BCUT2D eigenvalue weighted by molar-refractivity contribution is 0.252. The third-order valence-electron chi connectivity index (χ3n) is 2.25. The fraction of sp³-hybridized carbons (Fsp3) is 0.364. The summed E-state index contributed by atoms with van der Waals surface area (Å²) in [7, 11) is 0. The highest BCUT2D eigenvalue weighted by Crippen LogP contribution is 2.18. The quantitative estimate of drug-likeness (QED) is 0.704. The van der Waals surface area contributed by atoms with Crippen molar-refractivity contribution in [3.8, 4) is 0 Å². The summed E-state index contributed by atoms with van der Waals surface area (Å²) in [6.07, 6.45) is 0. The first-order valence-corrected chi connectivity index (χ1v) is 5.02. The number of hydrogen-bond acceptors (Lipinski definition) is 2. The lowest BCUT2D eigenvalue weighted by Crippen LogP contribution is -2.28. The van der Waals surface area contributed by atoms with E-state index in [4.69, 9.17) is 5.73 Å². The average Bonchev–Trinajstić information content (AvgIpc) is 2.21. The van der Waals surface area contributed by atoms with E-state index in [1.54, 1.807) is 0 Å².